The first-order valence-electron chi connectivity index (χ1n) is 12.4. The van der Waals surface area contributed by atoms with Gasteiger partial charge in [0, 0.05) is 0 Å². The number of hydrogen-bond donors (Lipinski definition) is 0. The third kappa shape index (κ3) is 4.51. The van der Waals surface area contributed by atoms with Crippen molar-refractivity contribution in [3.8, 4) is 0 Å². The van der Waals surface area contributed by atoms with Gasteiger partial charge in [0.2, 0.25) is 0 Å². The average Bonchev–Trinajstić information content (AvgIpc) is 3.27. The van der Waals surface area contributed by atoms with Crippen LogP contribution in [0, 0.1) is 10.5 Å². The summed E-state index contributed by atoms with van der Waals surface area (Å²) in [7, 11) is -4.25. The van der Waals surface area contributed by atoms with Gasteiger partial charge in [-0.25, -0.2) is 0 Å². The fourth-order valence-electron chi connectivity index (χ4n) is 4.84. The second-order valence-corrected chi connectivity index (χ2v) is 15.6. The summed E-state index contributed by atoms with van der Waals surface area (Å²) in [6, 6.07) is 31.6. The van der Waals surface area contributed by atoms with Crippen LogP contribution in [0.1, 0.15) is 27.0 Å². The van der Waals surface area contributed by atoms with E-state index in [0.29, 0.717) is 25.8 Å². The van der Waals surface area contributed by atoms with Crippen LogP contribution in [0.5, 0.6) is 0 Å². The number of allylic oxidation sites excluding steroid dienone is 1. The normalized spacial score (nSPS) is 18.6. The second-order valence-electron chi connectivity index (χ2n) is 9.30. The Kier molecular flexibility index (Phi) is 6.77. The van der Waals surface area contributed by atoms with Crippen molar-refractivity contribution >= 4 is 47.7 Å². The molecule has 1 atom stereocenters. The molecule has 0 fully saturated rings. The van der Waals surface area contributed by atoms with E-state index in [0.717, 1.165) is 5.56 Å². The van der Waals surface area contributed by atoms with Crippen LogP contribution in [-0.2, 0) is 27.8 Å². The Morgan fingerprint density at radius 3 is 2.10 bits per heavy atom. The zero-order valence-corrected chi connectivity index (χ0v) is 24.3. The molecule has 1 spiro atoms. The molecule has 1 aliphatic heterocycles. The van der Waals surface area contributed by atoms with Gasteiger partial charge in [0.25, 0.3) is 0 Å². The fraction of sp³-hybridized carbons (Fsp3) is 0.0625. The quantitative estimate of drug-likeness (QED) is 0.171. The monoisotopic (exact) mass is 662 g/mol. The molecule has 40 heavy (non-hydrogen) atoms. The van der Waals surface area contributed by atoms with E-state index < -0.39 is 41.9 Å². The number of fused-ring (bicyclic) bond motifs is 2. The van der Waals surface area contributed by atoms with Gasteiger partial charge in [0.15, 0.2) is 0 Å². The van der Waals surface area contributed by atoms with Gasteiger partial charge in [0.1, 0.15) is 0 Å². The number of carbonyl (C=O) groups is 2. The van der Waals surface area contributed by atoms with E-state index in [-0.39, 0.29) is 14.3 Å². The topological polar surface area (TPSA) is 86.7 Å². The molecule has 0 N–H and O–H groups in total. The van der Waals surface area contributed by atoms with E-state index >= 15 is 0 Å². The maximum absolute atomic E-state index is 14.0. The van der Waals surface area contributed by atoms with Crippen molar-refractivity contribution in [3.05, 3.63) is 151 Å². The number of ether oxygens (including phenoxy) is 1. The summed E-state index contributed by atoms with van der Waals surface area (Å²) in [5, 5.41) is 0. The van der Waals surface area contributed by atoms with Crippen LogP contribution in [0.25, 0.3) is 5.57 Å². The molecule has 0 amide bonds. The molecule has 0 bridgehead atoms. The summed E-state index contributed by atoms with van der Waals surface area (Å²) >= 11 is -3.51. The van der Waals surface area contributed by atoms with Gasteiger partial charge >= 0.3 is 241 Å². The summed E-state index contributed by atoms with van der Waals surface area (Å²) in [5.74, 6) is -0.865. The number of rotatable bonds is 6. The van der Waals surface area contributed by atoms with Crippen molar-refractivity contribution in [1.29, 1.82) is 0 Å². The Balaban J connectivity index is 1.63. The number of halogens is 1. The Morgan fingerprint density at radius 2 is 1.40 bits per heavy atom. The van der Waals surface area contributed by atoms with E-state index in [1.165, 1.54) is 18.2 Å². The van der Waals surface area contributed by atoms with Crippen LogP contribution >= 0.6 is 20.2 Å². The van der Waals surface area contributed by atoms with E-state index in [1.807, 2.05) is 43.3 Å². The SMILES string of the molecule is Cc1ccc(S(=O)(=O)OI(C2=C(c3ccccc3)C3(C=CC(=O)c4ccccc43)OC2=O)c2ccccc2)cc1. The van der Waals surface area contributed by atoms with Crippen LogP contribution < -0.4 is 0 Å². The molecule has 0 radical (unpaired) electrons. The molecule has 1 heterocycles. The van der Waals surface area contributed by atoms with Gasteiger partial charge in [-0.15, -0.1) is 0 Å². The summed E-state index contributed by atoms with van der Waals surface area (Å²) in [5.41, 5.74) is 1.59. The molecule has 0 saturated carbocycles. The van der Waals surface area contributed by atoms with Crippen LogP contribution in [0.4, 0.5) is 0 Å². The number of benzene rings is 4. The van der Waals surface area contributed by atoms with Crippen molar-refractivity contribution in [2.45, 2.75) is 17.4 Å². The summed E-state index contributed by atoms with van der Waals surface area (Å²) in [6.07, 6.45) is 3.01. The number of ketones is 1. The van der Waals surface area contributed by atoms with E-state index in [1.54, 1.807) is 66.7 Å². The molecule has 200 valence electrons. The van der Waals surface area contributed by atoms with Crippen molar-refractivity contribution in [1.82, 2.24) is 0 Å². The zero-order valence-electron chi connectivity index (χ0n) is 21.3. The van der Waals surface area contributed by atoms with Crippen molar-refractivity contribution < 1.29 is 25.3 Å². The van der Waals surface area contributed by atoms with Gasteiger partial charge < -0.3 is 0 Å². The van der Waals surface area contributed by atoms with Gasteiger partial charge in [-0.1, -0.05) is 0 Å². The van der Waals surface area contributed by atoms with E-state index in [2.05, 4.69) is 0 Å². The second kappa shape index (κ2) is 10.3. The first-order valence-corrected chi connectivity index (χ1v) is 16.9. The first kappa shape index (κ1) is 26.4. The van der Waals surface area contributed by atoms with Crippen molar-refractivity contribution in [3.63, 3.8) is 0 Å². The van der Waals surface area contributed by atoms with Gasteiger partial charge in [0.05, 0.1) is 0 Å². The van der Waals surface area contributed by atoms with E-state index in [4.69, 9.17) is 7.25 Å². The van der Waals surface area contributed by atoms with Crippen LogP contribution in [0.2, 0.25) is 0 Å². The third-order valence-electron chi connectivity index (χ3n) is 6.71. The van der Waals surface area contributed by atoms with Gasteiger partial charge in [-0.3, -0.25) is 0 Å². The molecule has 4 aromatic rings. The Labute approximate surface area is 240 Å². The minimum atomic E-state index is -4.25. The standard InChI is InChI=1S/C32H23IO6S/c1-22-16-18-25(19-17-22)40(36,37)39-33(24-12-6-3-7-13-24)30-29(23-10-4-2-5-11-23)32(38-31(30)35)21-20-28(34)26-14-8-9-15-27(26)32/h2-21H,1H3. The summed E-state index contributed by atoms with van der Waals surface area (Å²) in [4.78, 5) is 26.8. The predicted molar refractivity (Wildman–Crippen MR) is 160 cm³/mol. The van der Waals surface area contributed by atoms with Gasteiger partial charge in [-0.2, -0.15) is 0 Å². The molecule has 0 saturated heterocycles. The fourth-order valence-corrected chi connectivity index (χ4v) is 12.3. The van der Waals surface area contributed by atoms with Gasteiger partial charge in [-0.05, 0) is 0 Å². The molecular formula is C32H23IO6S. The molecule has 1 unspecified atom stereocenters. The Hall–Kier alpha value is -3.86. The molecule has 6 rings (SSSR count). The number of hydrogen-bond acceptors (Lipinski definition) is 6. The average molecular weight is 663 g/mol. The van der Waals surface area contributed by atoms with Crippen LogP contribution in [0.3, 0.4) is 0 Å². The van der Waals surface area contributed by atoms with Crippen molar-refractivity contribution in [2.24, 2.45) is 0 Å². The number of carbonyl (C=O) groups excluding carboxylic acids is 2. The Morgan fingerprint density at radius 1 is 0.775 bits per heavy atom. The number of aryl methyl sites for hydroxylation is 1. The van der Waals surface area contributed by atoms with Crippen molar-refractivity contribution in [2.75, 3.05) is 0 Å². The minimum absolute atomic E-state index is 0.00720. The molecule has 1 aliphatic carbocycles. The maximum atomic E-state index is 14.0. The molecule has 4 aromatic carbocycles. The zero-order chi connectivity index (χ0) is 27.9. The molecule has 0 aromatic heterocycles. The molecular weight excluding hydrogens is 639 g/mol. The first-order chi connectivity index (χ1) is 19.3. The molecule has 8 heteroatoms. The Bertz CT molecular complexity index is 1800. The van der Waals surface area contributed by atoms with E-state index in [9.17, 15) is 18.0 Å². The van der Waals surface area contributed by atoms with Crippen LogP contribution in [0.15, 0.2) is 130 Å². The third-order valence-corrected chi connectivity index (χ3v) is 14.2. The summed E-state index contributed by atoms with van der Waals surface area (Å²) < 4.78 is 40.3. The molecule has 6 nitrogen and oxygen atoms in total. The predicted octanol–water partition coefficient (Wildman–Crippen LogP) is 6.61. The summed E-state index contributed by atoms with van der Waals surface area (Å²) in [6.45, 7) is 1.87. The number of esters is 1. The molecule has 2 aliphatic rings. The van der Waals surface area contributed by atoms with Crippen LogP contribution in [-0.4, -0.2) is 20.2 Å².